The Morgan fingerprint density at radius 3 is 2.45 bits per heavy atom. The van der Waals surface area contributed by atoms with E-state index in [9.17, 15) is 23.2 Å². The fourth-order valence-corrected chi connectivity index (χ4v) is 5.75. The van der Waals surface area contributed by atoms with Crippen molar-refractivity contribution in [2.24, 2.45) is 5.41 Å². The molecule has 0 radical (unpaired) electrons. The van der Waals surface area contributed by atoms with Crippen LogP contribution in [0.2, 0.25) is 0 Å². The summed E-state index contributed by atoms with van der Waals surface area (Å²) in [5.74, 6) is 0.265. The SMILES string of the molecule is Cc1cc(Cn2cc(-c3nn(C4CC5(C4)CN(C(=O)OC(C)(C)C)C5)c(N)c3C#N)c(C)n2)cc(C(F)(F)F)c1. The predicted octanol–water partition coefficient (Wildman–Crippen LogP) is 5.46. The first-order valence-electron chi connectivity index (χ1n) is 13.1. The number of amides is 1. The fraction of sp³-hybridized carbons (Fsp3) is 0.500. The Labute approximate surface area is 230 Å². The second-order valence-corrected chi connectivity index (χ2v) is 12.1. The van der Waals surface area contributed by atoms with Gasteiger partial charge in [-0.15, -0.1) is 0 Å². The number of nitrogens with two attached hydrogens (primary N) is 1. The minimum Gasteiger partial charge on any atom is -0.444 e. The summed E-state index contributed by atoms with van der Waals surface area (Å²) in [6.07, 6.45) is -1.52. The number of ether oxygens (including phenoxy) is 1. The van der Waals surface area contributed by atoms with Gasteiger partial charge in [0.2, 0.25) is 0 Å². The molecule has 1 aromatic carbocycles. The molecule has 1 spiro atoms. The Morgan fingerprint density at radius 1 is 1.18 bits per heavy atom. The van der Waals surface area contributed by atoms with Crippen LogP contribution in [-0.2, 0) is 17.5 Å². The van der Waals surface area contributed by atoms with Crippen LogP contribution in [0, 0.1) is 30.6 Å². The molecule has 3 heterocycles. The van der Waals surface area contributed by atoms with Gasteiger partial charge >= 0.3 is 12.3 Å². The highest BCUT2D eigenvalue weighted by Gasteiger charge is 2.55. The first-order chi connectivity index (χ1) is 18.6. The zero-order valence-electron chi connectivity index (χ0n) is 23.1. The highest BCUT2D eigenvalue weighted by molar-refractivity contribution is 5.74. The molecule has 2 N–H and O–H groups in total. The number of halogens is 3. The van der Waals surface area contributed by atoms with Crippen molar-refractivity contribution in [2.45, 2.75) is 71.8 Å². The van der Waals surface area contributed by atoms with Crippen LogP contribution >= 0.6 is 0 Å². The van der Waals surface area contributed by atoms with Crippen LogP contribution < -0.4 is 5.73 Å². The minimum absolute atomic E-state index is 0.00316. The highest BCUT2D eigenvalue weighted by atomic mass is 19.4. The van der Waals surface area contributed by atoms with Gasteiger partial charge in [-0.1, -0.05) is 11.6 Å². The lowest BCUT2D eigenvalue weighted by Crippen LogP contribution is -2.64. The number of nitrogens with zero attached hydrogens (tertiary/aromatic N) is 6. The van der Waals surface area contributed by atoms with E-state index in [1.54, 1.807) is 40.4 Å². The topological polar surface area (TPSA) is 115 Å². The summed E-state index contributed by atoms with van der Waals surface area (Å²) in [6, 6.07) is 6.07. The van der Waals surface area contributed by atoms with Crippen LogP contribution in [-0.4, -0.2) is 49.2 Å². The summed E-state index contributed by atoms with van der Waals surface area (Å²) >= 11 is 0. The maximum absolute atomic E-state index is 13.3. The van der Waals surface area contributed by atoms with E-state index < -0.39 is 17.3 Å². The Balaban J connectivity index is 1.32. The summed E-state index contributed by atoms with van der Waals surface area (Å²) in [7, 11) is 0. The molecule has 1 aliphatic carbocycles. The smallest absolute Gasteiger partial charge is 0.416 e. The maximum Gasteiger partial charge on any atom is 0.416 e. The predicted molar refractivity (Wildman–Crippen MR) is 141 cm³/mol. The number of nitriles is 1. The Bertz CT molecular complexity index is 1510. The number of aryl methyl sites for hydroxylation is 2. The van der Waals surface area contributed by atoms with Crippen LogP contribution in [0.3, 0.4) is 0 Å². The molecule has 2 fully saturated rings. The third kappa shape index (κ3) is 5.12. The summed E-state index contributed by atoms with van der Waals surface area (Å²) in [4.78, 5) is 14.0. The molecule has 1 amide bonds. The van der Waals surface area contributed by atoms with Gasteiger partial charge in [-0.05, 0) is 65.2 Å². The average Bonchev–Trinajstić information content (AvgIpc) is 3.28. The normalized spacial score (nSPS) is 16.9. The number of hydrogen-bond donors (Lipinski definition) is 1. The Morgan fingerprint density at radius 2 is 1.85 bits per heavy atom. The van der Waals surface area contributed by atoms with Crippen molar-refractivity contribution in [1.29, 1.82) is 5.26 Å². The van der Waals surface area contributed by atoms with Gasteiger partial charge in [-0.3, -0.25) is 4.68 Å². The standard InChI is InChI=1S/C28H32F3N7O2/c1-16-6-18(8-19(7-16)28(29,30)31)12-37-13-22(17(2)34-37)23-21(11-32)24(33)38(35-23)20-9-27(10-20)14-36(15-27)25(39)40-26(3,4)5/h6-8,13,20H,9-10,12,14-15,33H2,1-5H3. The number of nitrogen functional groups attached to an aromatic ring is 1. The largest absolute Gasteiger partial charge is 0.444 e. The van der Waals surface area contributed by atoms with Gasteiger partial charge in [0.05, 0.1) is 23.8 Å². The third-order valence-corrected chi connectivity index (χ3v) is 7.46. The van der Waals surface area contributed by atoms with Crippen molar-refractivity contribution >= 4 is 11.9 Å². The molecule has 0 unspecified atom stereocenters. The molecule has 1 saturated carbocycles. The lowest BCUT2D eigenvalue weighted by Gasteiger charge is -2.58. The lowest BCUT2D eigenvalue weighted by molar-refractivity contribution is -0.137. The van der Waals surface area contributed by atoms with Gasteiger partial charge in [0.1, 0.15) is 28.7 Å². The van der Waals surface area contributed by atoms with Crippen molar-refractivity contribution in [1.82, 2.24) is 24.5 Å². The van der Waals surface area contributed by atoms with E-state index in [-0.39, 0.29) is 35.5 Å². The number of benzene rings is 1. The number of anilines is 1. The number of rotatable bonds is 4. The molecule has 0 atom stereocenters. The maximum atomic E-state index is 13.3. The van der Waals surface area contributed by atoms with E-state index in [1.165, 1.54) is 0 Å². The molecule has 212 valence electrons. The van der Waals surface area contributed by atoms with Gasteiger partial charge < -0.3 is 15.4 Å². The van der Waals surface area contributed by atoms with E-state index in [2.05, 4.69) is 11.2 Å². The molecular formula is C28H32F3N7O2. The lowest BCUT2D eigenvalue weighted by atomic mass is 9.61. The Hall–Kier alpha value is -4.01. The molecule has 5 rings (SSSR count). The van der Waals surface area contributed by atoms with Crippen molar-refractivity contribution in [3.05, 3.63) is 52.3 Å². The van der Waals surface area contributed by atoms with E-state index in [4.69, 9.17) is 15.6 Å². The van der Waals surface area contributed by atoms with E-state index in [0.29, 0.717) is 41.2 Å². The Kier molecular flexibility index (Phi) is 6.39. The molecular weight excluding hydrogens is 523 g/mol. The summed E-state index contributed by atoms with van der Waals surface area (Å²) < 4.78 is 48.5. The van der Waals surface area contributed by atoms with Crippen molar-refractivity contribution in [3.63, 3.8) is 0 Å². The van der Waals surface area contributed by atoms with Crippen LogP contribution in [0.15, 0.2) is 24.4 Å². The summed E-state index contributed by atoms with van der Waals surface area (Å²) in [5.41, 5.74) is 7.90. The van der Waals surface area contributed by atoms with E-state index >= 15 is 0 Å². The second kappa shape index (κ2) is 9.28. The van der Waals surface area contributed by atoms with Crippen LogP contribution in [0.4, 0.5) is 23.8 Å². The van der Waals surface area contributed by atoms with E-state index in [1.807, 2.05) is 20.8 Å². The van der Waals surface area contributed by atoms with Crippen molar-refractivity contribution in [2.75, 3.05) is 18.8 Å². The fourth-order valence-electron chi connectivity index (χ4n) is 5.75. The zero-order valence-corrected chi connectivity index (χ0v) is 23.1. The number of carbonyl (C=O) groups is 1. The first-order valence-corrected chi connectivity index (χ1v) is 13.1. The van der Waals surface area contributed by atoms with Crippen molar-refractivity contribution < 1.29 is 22.7 Å². The van der Waals surface area contributed by atoms with Gasteiger partial charge in [0.15, 0.2) is 0 Å². The van der Waals surface area contributed by atoms with Gasteiger partial charge in [0, 0.05) is 30.3 Å². The molecule has 1 saturated heterocycles. The minimum atomic E-state index is -4.44. The molecule has 12 heteroatoms. The highest BCUT2D eigenvalue weighted by Crippen LogP contribution is 2.55. The second-order valence-electron chi connectivity index (χ2n) is 12.1. The number of likely N-dealkylation sites (tertiary alicyclic amines) is 1. The molecule has 3 aromatic rings. The molecule has 1 aliphatic heterocycles. The molecule has 40 heavy (non-hydrogen) atoms. The average molecular weight is 556 g/mol. The molecule has 2 aliphatic rings. The first kappa shape index (κ1) is 27.6. The van der Waals surface area contributed by atoms with Crippen LogP contribution in [0.5, 0.6) is 0 Å². The van der Waals surface area contributed by atoms with Gasteiger partial charge in [0.25, 0.3) is 0 Å². The number of carbonyl (C=O) groups excluding carboxylic acids is 1. The van der Waals surface area contributed by atoms with Gasteiger partial charge in [-0.2, -0.15) is 28.6 Å². The van der Waals surface area contributed by atoms with Gasteiger partial charge in [-0.25, -0.2) is 9.48 Å². The molecule has 2 aromatic heterocycles. The van der Waals surface area contributed by atoms with Crippen molar-refractivity contribution in [3.8, 4) is 17.3 Å². The number of aromatic nitrogens is 4. The van der Waals surface area contributed by atoms with Crippen LogP contribution in [0.25, 0.3) is 11.3 Å². The quantitative estimate of drug-likeness (QED) is 0.457. The zero-order chi connectivity index (χ0) is 29.2. The number of hydrogen-bond acceptors (Lipinski definition) is 6. The van der Waals surface area contributed by atoms with E-state index in [0.717, 1.165) is 25.0 Å². The van der Waals surface area contributed by atoms with Crippen LogP contribution in [0.1, 0.15) is 67.6 Å². The monoisotopic (exact) mass is 555 g/mol. The molecule has 0 bridgehead atoms. The summed E-state index contributed by atoms with van der Waals surface area (Å²) in [6.45, 7) is 10.2. The number of alkyl halides is 3. The third-order valence-electron chi connectivity index (χ3n) is 7.46. The summed E-state index contributed by atoms with van der Waals surface area (Å²) in [5, 5.41) is 19.1. The molecule has 9 nitrogen and oxygen atoms in total.